The van der Waals surface area contributed by atoms with Crippen LogP contribution in [0.2, 0.25) is 0 Å². The van der Waals surface area contributed by atoms with Crippen molar-refractivity contribution in [1.29, 1.82) is 0 Å². The summed E-state index contributed by atoms with van der Waals surface area (Å²) in [6.45, 7) is 4.23. The summed E-state index contributed by atoms with van der Waals surface area (Å²) in [5.41, 5.74) is 0. The van der Waals surface area contributed by atoms with E-state index >= 15 is 0 Å². The second-order valence-corrected chi connectivity index (χ2v) is 7.66. The maximum absolute atomic E-state index is 12.1. The Morgan fingerprint density at radius 3 is 2.35 bits per heavy atom. The molecule has 1 fully saturated rings. The van der Waals surface area contributed by atoms with Crippen LogP contribution >= 0.6 is 0 Å². The van der Waals surface area contributed by atoms with Gasteiger partial charge in [-0.2, -0.15) is 0 Å². The first-order valence-electron chi connectivity index (χ1n) is 6.86. The third kappa shape index (κ3) is 4.96. The highest BCUT2D eigenvalue weighted by molar-refractivity contribution is 7.91. The van der Waals surface area contributed by atoms with Crippen molar-refractivity contribution in [1.82, 2.24) is 5.32 Å². The molecule has 1 saturated carbocycles. The highest BCUT2D eigenvalue weighted by Gasteiger charge is 2.26. The smallest absolute Gasteiger partial charge is 0.152 e. The average Bonchev–Trinajstić information content (AvgIpc) is 2.76. The molecule has 1 rings (SSSR count). The zero-order chi connectivity index (χ0) is 12.9. The van der Waals surface area contributed by atoms with Crippen LogP contribution in [0.1, 0.15) is 46.0 Å². The fraction of sp³-hybridized carbons (Fsp3) is 1.00. The van der Waals surface area contributed by atoms with Gasteiger partial charge in [0.15, 0.2) is 9.84 Å². The normalized spacial score (nSPS) is 21.6. The first-order valence-corrected chi connectivity index (χ1v) is 8.68. The summed E-state index contributed by atoms with van der Waals surface area (Å²) in [7, 11) is -1.03. The van der Waals surface area contributed by atoms with E-state index in [1.54, 1.807) is 0 Å². The van der Waals surface area contributed by atoms with Gasteiger partial charge < -0.3 is 5.32 Å². The molecule has 0 heterocycles. The van der Waals surface area contributed by atoms with Gasteiger partial charge in [-0.15, -0.1) is 0 Å². The number of rotatable bonds is 7. The van der Waals surface area contributed by atoms with Crippen molar-refractivity contribution in [3.8, 4) is 0 Å². The lowest BCUT2D eigenvalue weighted by atomic mass is 10.0. The molecule has 0 saturated heterocycles. The van der Waals surface area contributed by atoms with Gasteiger partial charge >= 0.3 is 0 Å². The Kier molecular flexibility index (Phi) is 5.93. The summed E-state index contributed by atoms with van der Waals surface area (Å²) >= 11 is 0. The number of nitrogens with one attached hydrogen (secondary N) is 1. The van der Waals surface area contributed by atoms with Gasteiger partial charge in [0.2, 0.25) is 0 Å². The van der Waals surface area contributed by atoms with Crippen LogP contribution in [0.15, 0.2) is 0 Å². The van der Waals surface area contributed by atoms with Crippen molar-refractivity contribution < 1.29 is 8.42 Å². The topological polar surface area (TPSA) is 46.2 Å². The van der Waals surface area contributed by atoms with Gasteiger partial charge in [0.1, 0.15) is 0 Å². The van der Waals surface area contributed by atoms with Crippen LogP contribution < -0.4 is 5.32 Å². The van der Waals surface area contributed by atoms with Crippen LogP contribution in [-0.4, -0.2) is 33.0 Å². The van der Waals surface area contributed by atoms with Crippen molar-refractivity contribution in [2.24, 2.45) is 11.8 Å². The maximum Gasteiger partial charge on any atom is 0.152 e. The molecular weight excluding hydrogens is 234 g/mol. The third-order valence-corrected chi connectivity index (χ3v) is 5.95. The molecule has 0 aromatic rings. The van der Waals surface area contributed by atoms with Gasteiger partial charge in [-0.05, 0) is 31.7 Å². The fourth-order valence-electron chi connectivity index (χ4n) is 2.69. The zero-order valence-electron chi connectivity index (χ0n) is 11.4. The van der Waals surface area contributed by atoms with Crippen LogP contribution in [0.25, 0.3) is 0 Å². The van der Waals surface area contributed by atoms with Gasteiger partial charge in [-0.1, -0.05) is 33.1 Å². The lowest BCUT2D eigenvalue weighted by Crippen LogP contribution is -2.39. The molecule has 0 aromatic carbocycles. The van der Waals surface area contributed by atoms with Crippen molar-refractivity contribution in [2.45, 2.75) is 52.0 Å². The van der Waals surface area contributed by atoms with E-state index in [1.165, 1.54) is 12.8 Å². The van der Waals surface area contributed by atoms with Crippen molar-refractivity contribution in [3.63, 3.8) is 0 Å². The Labute approximate surface area is 106 Å². The van der Waals surface area contributed by atoms with Gasteiger partial charge in [-0.3, -0.25) is 0 Å². The number of hydrogen-bond donors (Lipinski definition) is 1. The second kappa shape index (κ2) is 6.74. The first-order chi connectivity index (χ1) is 7.98. The molecule has 1 aliphatic carbocycles. The molecule has 0 spiro atoms. The summed E-state index contributed by atoms with van der Waals surface area (Å²) in [5, 5.41) is 3.15. The van der Waals surface area contributed by atoms with E-state index in [0.29, 0.717) is 23.3 Å². The highest BCUT2D eigenvalue weighted by atomic mass is 32.2. The largest absolute Gasteiger partial charge is 0.316 e. The van der Waals surface area contributed by atoms with Gasteiger partial charge in [0.05, 0.1) is 11.5 Å². The van der Waals surface area contributed by atoms with E-state index in [0.717, 1.165) is 19.3 Å². The molecule has 0 radical (unpaired) electrons. The monoisotopic (exact) mass is 261 g/mol. The molecule has 4 heteroatoms. The molecule has 2 unspecified atom stereocenters. The summed E-state index contributed by atoms with van der Waals surface area (Å²) in [4.78, 5) is 0. The van der Waals surface area contributed by atoms with E-state index in [1.807, 2.05) is 7.05 Å². The summed E-state index contributed by atoms with van der Waals surface area (Å²) < 4.78 is 24.3. The van der Waals surface area contributed by atoms with Crippen LogP contribution in [0.4, 0.5) is 0 Å². The first kappa shape index (κ1) is 15.0. The molecule has 3 nitrogen and oxygen atoms in total. The Bertz CT molecular complexity index is 307. The Hall–Kier alpha value is -0.0900. The molecule has 0 aliphatic heterocycles. The Morgan fingerprint density at radius 2 is 1.88 bits per heavy atom. The fourth-order valence-corrected chi connectivity index (χ4v) is 4.92. The molecular formula is C13H27NO2S. The minimum Gasteiger partial charge on any atom is -0.316 e. The molecule has 0 amide bonds. The lowest BCUT2D eigenvalue weighted by Gasteiger charge is -2.23. The zero-order valence-corrected chi connectivity index (χ0v) is 12.2. The number of sulfone groups is 1. The Morgan fingerprint density at radius 1 is 1.29 bits per heavy atom. The van der Waals surface area contributed by atoms with Crippen LogP contribution in [0.5, 0.6) is 0 Å². The quantitative estimate of drug-likeness (QED) is 0.764. The number of hydrogen-bond acceptors (Lipinski definition) is 3. The molecule has 102 valence electrons. The predicted molar refractivity (Wildman–Crippen MR) is 72.9 cm³/mol. The van der Waals surface area contributed by atoms with Crippen LogP contribution in [0.3, 0.4) is 0 Å². The van der Waals surface area contributed by atoms with Crippen LogP contribution in [0, 0.1) is 11.8 Å². The molecule has 1 aliphatic rings. The van der Waals surface area contributed by atoms with E-state index in [4.69, 9.17) is 0 Å². The summed E-state index contributed by atoms with van der Waals surface area (Å²) in [6, 6.07) is 0.103. The minimum absolute atomic E-state index is 0.103. The molecule has 0 aromatic heterocycles. The second-order valence-electron chi connectivity index (χ2n) is 5.51. The summed E-state index contributed by atoms with van der Waals surface area (Å²) in [6.07, 6.45) is 5.64. The SMILES string of the molecule is CCC(C)C(CS(=O)(=O)CC1CCCC1)NC. The standard InChI is InChI=1S/C13H27NO2S/c1-4-11(2)13(14-3)10-17(15,16)9-12-7-5-6-8-12/h11-14H,4-10H2,1-3H3. The van der Waals surface area contributed by atoms with Crippen LogP contribution in [-0.2, 0) is 9.84 Å². The lowest BCUT2D eigenvalue weighted by molar-refractivity contribution is 0.412. The van der Waals surface area contributed by atoms with Gasteiger partial charge in [0, 0.05) is 6.04 Å². The summed E-state index contributed by atoms with van der Waals surface area (Å²) in [5.74, 6) is 1.55. The van der Waals surface area contributed by atoms with E-state index in [9.17, 15) is 8.42 Å². The maximum atomic E-state index is 12.1. The molecule has 1 N–H and O–H groups in total. The molecule has 0 bridgehead atoms. The van der Waals surface area contributed by atoms with E-state index in [-0.39, 0.29) is 6.04 Å². The van der Waals surface area contributed by atoms with Gasteiger partial charge in [-0.25, -0.2) is 8.42 Å². The Balaban J connectivity index is 2.51. The van der Waals surface area contributed by atoms with E-state index < -0.39 is 9.84 Å². The van der Waals surface area contributed by atoms with Crippen molar-refractivity contribution in [3.05, 3.63) is 0 Å². The van der Waals surface area contributed by atoms with Crippen molar-refractivity contribution in [2.75, 3.05) is 18.6 Å². The minimum atomic E-state index is -2.89. The molecule has 2 atom stereocenters. The van der Waals surface area contributed by atoms with E-state index in [2.05, 4.69) is 19.2 Å². The predicted octanol–water partition coefficient (Wildman–Crippen LogP) is 2.23. The average molecular weight is 261 g/mol. The third-order valence-electron chi connectivity index (χ3n) is 4.10. The molecule has 17 heavy (non-hydrogen) atoms. The van der Waals surface area contributed by atoms with Gasteiger partial charge in [0.25, 0.3) is 0 Å². The van der Waals surface area contributed by atoms with Crippen molar-refractivity contribution >= 4 is 9.84 Å². The highest BCUT2D eigenvalue weighted by Crippen LogP contribution is 2.26.